The fourth-order valence-corrected chi connectivity index (χ4v) is 2.88. The molecule has 1 amide bonds. The van der Waals surface area contributed by atoms with Gasteiger partial charge in [-0.15, -0.1) is 0 Å². The lowest BCUT2D eigenvalue weighted by Crippen LogP contribution is -2.11. The summed E-state index contributed by atoms with van der Waals surface area (Å²) in [5.74, 6) is 1.03. The molecule has 0 fully saturated rings. The fourth-order valence-electron chi connectivity index (χ4n) is 2.69. The average molecular weight is 352 g/mol. The van der Waals surface area contributed by atoms with Crippen LogP contribution in [-0.2, 0) is 0 Å². The molecule has 3 aromatic carbocycles. The molecule has 4 nitrogen and oxygen atoms in total. The molecule has 25 heavy (non-hydrogen) atoms. The Morgan fingerprint density at radius 2 is 1.64 bits per heavy atom. The summed E-state index contributed by atoms with van der Waals surface area (Å²) in [7, 11) is 0. The van der Waals surface area contributed by atoms with Gasteiger partial charge in [0.2, 0.25) is 6.79 Å². The lowest BCUT2D eigenvalue weighted by molar-refractivity contribution is 0.102. The van der Waals surface area contributed by atoms with E-state index in [4.69, 9.17) is 21.1 Å². The van der Waals surface area contributed by atoms with Gasteiger partial charge >= 0.3 is 0 Å². The normalized spacial score (nSPS) is 12.0. The number of anilines is 1. The van der Waals surface area contributed by atoms with Crippen molar-refractivity contribution in [1.82, 2.24) is 0 Å². The summed E-state index contributed by atoms with van der Waals surface area (Å²) in [5, 5.41) is 3.58. The molecular formula is C20H14ClNO3. The average Bonchev–Trinajstić information content (AvgIpc) is 3.09. The Kier molecular flexibility index (Phi) is 4.04. The van der Waals surface area contributed by atoms with E-state index in [9.17, 15) is 4.79 Å². The van der Waals surface area contributed by atoms with Crippen LogP contribution in [0.3, 0.4) is 0 Å². The summed E-state index contributed by atoms with van der Waals surface area (Å²) in [5.41, 5.74) is 3.19. The molecule has 1 aliphatic heterocycles. The van der Waals surface area contributed by atoms with Gasteiger partial charge in [0, 0.05) is 16.3 Å². The molecule has 0 aliphatic carbocycles. The van der Waals surface area contributed by atoms with Gasteiger partial charge in [0.25, 0.3) is 5.91 Å². The zero-order chi connectivity index (χ0) is 17.2. The number of carbonyl (C=O) groups excluding carboxylic acids is 1. The number of fused-ring (bicyclic) bond motifs is 1. The molecule has 0 saturated heterocycles. The molecule has 3 aromatic rings. The molecule has 1 N–H and O–H groups in total. The Labute approximate surface area is 150 Å². The Morgan fingerprint density at radius 3 is 2.48 bits per heavy atom. The van der Waals surface area contributed by atoms with Crippen LogP contribution < -0.4 is 14.8 Å². The van der Waals surface area contributed by atoms with Crippen LogP contribution in [0.1, 0.15) is 10.4 Å². The van der Waals surface area contributed by atoms with Gasteiger partial charge in [0.1, 0.15) is 0 Å². The van der Waals surface area contributed by atoms with Crippen LogP contribution in [0.15, 0.2) is 66.7 Å². The van der Waals surface area contributed by atoms with Gasteiger partial charge in [-0.05, 0) is 53.6 Å². The van der Waals surface area contributed by atoms with E-state index >= 15 is 0 Å². The summed E-state index contributed by atoms with van der Waals surface area (Å²) >= 11 is 6.05. The number of ether oxygens (including phenoxy) is 2. The molecule has 1 aliphatic rings. The van der Waals surface area contributed by atoms with Crippen LogP contribution in [0, 0.1) is 0 Å². The first kappa shape index (κ1) is 15.5. The van der Waals surface area contributed by atoms with Crippen LogP contribution in [0.2, 0.25) is 5.02 Å². The van der Waals surface area contributed by atoms with Crippen LogP contribution >= 0.6 is 11.6 Å². The van der Waals surface area contributed by atoms with E-state index in [1.54, 1.807) is 18.2 Å². The van der Waals surface area contributed by atoms with Crippen molar-refractivity contribution in [3.8, 4) is 22.6 Å². The van der Waals surface area contributed by atoms with Crippen LogP contribution in [-0.4, -0.2) is 12.7 Å². The summed E-state index contributed by atoms with van der Waals surface area (Å²) in [6.45, 7) is 0.183. The lowest BCUT2D eigenvalue weighted by atomic mass is 10.1. The first-order valence-corrected chi connectivity index (χ1v) is 8.14. The smallest absolute Gasteiger partial charge is 0.255 e. The van der Waals surface area contributed by atoms with Gasteiger partial charge < -0.3 is 14.8 Å². The van der Waals surface area contributed by atoms with E-state index in [0.717, 1.165) is 11.1 Å². The Balaban J connectivity index is 1.56. The Morgan fingerprint density at radius 1 is 0.880 bits per heavy atom. The van der Waals surface area contributed by atoms with Crippen LogP contribution in [0.5, 0.6) is 11.5 Å². The zero-order valence-corrected chi connectivity index (χ0v) is 13.9. The minimum Gasteiger partial charge on any atom is -0.454 e. The van der Waals surface area contributed by atoms with Gasteiger partial charge in [-0.3, -0.25) is 4.79 Å². The predicted octanol–water partition coefficient (Wildman–Crippen LogP) is 4.99. The van der Waals surface area contributed by atoms with Gasteiger partial charge in [-0.2, -0.15) is 0 Å². The third-order valence-electron chi connectivity index (χ3n) is 3.91. The lowest BCUT2D eigenvalue weighted by Gasteiger charge is -2.08. The number of benzene rings is 3. The third kappa shape index (κ3) is 3.30. The van der Waals surface area contributed by atoms with Crippen molar-refractivity contribution in [2.75, 3.05) is 12.1 Å². The molecule has 4 rings (SSSR count). The van der Waals surface area contributed by atoms with Crippen molar-refractivity contribution in [1.29, 1.82) is 0 Å². The molecule has 124 valence electrons. The number of hydrogen-bond donors (Lipinski definition) is 1. The molecule has 0 saturated carbocycles. The monoisotopic (exact) mass is 351 g/mol. The highest BCUT2D eigenvalue weighted by Crippen LogP contribution is 2.33. The highest BCUT2D eigenvalue weighted by atomic mass is 35.5. The van der Waals surface area contributed by atoms with Crippen molar-refractivity contribution in [2.24, 2.45) is 0 Å². The van der Waals surface area contributed by atoms with Gasteiger partial charge in [0.15, 0.2) is 11.5 Å². The van der Waals surface area contributed by atoms with E-state index in [-0.39, 0.29) is 12.7 Å². The second kappa shape index (κ2) is 6.49. The summed E-state index contributed by atoms with van der Waals surface area (Å²) < 4.78 is 10.6. The third-order valence-corrected chi connectivity index (χ3v) is 4.15. The molecule has 0 atom stereocenters. The summed E-state index contributed by atoms with van der Waals surface area (Å²) in [4.78, 5) is 12.5. The quantitative estimate of drug-likeness (QED) is 0.723. The van der Waals surface area contributed by atoms with Gasteiger partial charge in [0.05, 0.1) is 0 Å². The molecule has 0 aromatic heterocycles. The Bertz CT molecular complexity index is 955. The van der Waals surface area contributed by atoms with Crippen molar-refractivity contribution >= 4 is 23.2 Å². The number of carbonyl (C=O) groups is 1. The maximum atomic E-state index is 12.5. The number of nitrogens with one attached hydrogen (secondary N) is 1. The van der Waals surface area contributed by atoms with Crippen LogP contribution in [0.25, 0.3) is 11.1 Å². The maximum Gasteiger partial charge on any atom is 0.255 e. The molecule has 0 unspecified atom stereocenters. The van der Waals surface area contributed by atoms with Crippen molar-refractivity contribution in [3.05, 3.63) is 77.3 Å². The maximum absolute atomic E-state index is 12.5. The molecule has 0 spiro atoms. The van der Waals surface area contributed by atoms with Crippen molar-refractivity contribution < 1.29 is 14.3 Å². The molecule has 5 heteroatoms. The number of hydrogen-bond acceptors (Lipinski definition) is 3. The van der Waals surface area contributed by atoms with E-state index in [1.165, 1.54) is 0 Å². The number of rotatable bonds is 3. The Hall–Kier alpha value is -2.98. The standard InChI is InChI=1S/C20H14ClNO3/c21-16-5-1-3-13(9-16)14-4-2-6-17(10-14)22-20(23)15-7-8-18-19(11-15)25-12-24-18/h1-11H,12H2,(H,22,23). The van der Waals surface area contributed by atoms with Crippen molar-refractivity contribution in [3.63, 3.8) is 0 Å². The van der Waals surface area contributed by atoms with Crippen molar-refractivity contribution in [2.45, 2.75) is 0 Å². The second-order valence-electron chi connectivity index (χ2n) is 5.61. The zero-order valence-electron chi connectivity index (χ0n) is 13.2. The SMILES string of the molecule is O=C(Nc1cccc(-c2cccc(Cl)c2)c1)c1ccc2c(c1)OCO2. The topological polar surface area (TPSA) is 47.6 Å². The highest BCUT2D eigenvalue weighted by molar-refractivity contribution is 6.30. The van der Waals surface area contributed by atoms with Crippen LogP contribution in [0.4, 0.5) is 5.69 Å². The minimum atomic E-state index is -0.207. The van der Waals surface area contributed by atoms with Gasteiger partial charge in [-0.25, -0.2) is 0 Å². The molecule has 0 bridgehead atoms. The minimum absolute atomic E-state index is 0.183. The summed E-state index contributed by atoms with van der Waals surface area (Å²) in [6, 6.07) is 20.3. The van der Waals surface area contributed by atoms with E-state index in [1.807, 2.05) is 48.5 Å². The molecule has 1 heterocycles. The predicted molar refractivity (Wildman–Crippen MR) is 97.4 cm³/mol. The number of halogens is 1. The summed E-state index contributed by atoms with van der Waals surface area (Å²) in [6.07, 6.45) is 0. The van der Waals surface area contributed by atoms with E-state index in [0.29, 0.717) is 27.8 Å². The number of amides is 1. The molecule has 0 radical (unpaired) electrons. The highest BCUT2D eigenvalue weighted by Gasteiger charge is 2.16. The molecular weight excluding hydrogens is 338 g/mol. The first-order valence-electron chi connectivity index (χ1n) is 7.76. The van der Waals surface area contributed by atoms with E-state index in [2.05, 4.69) is 5.32 Å². The van der Waals surface area contributed by atoms with Gasteiger partial charge in [-0.1, -0.05) is 35.9 Å². The second-order valence-corrected chi connectivity index (χ2v) is 6.05. The first-order chi connectivity index (χ1) is 12.2. The largest absolute Gasteiger partial charge is 0.454 e. The van der Waals surface area contributed by atoms with E-state index < -0.39 is 0 Å². The fraction of sp³-hybridized carbons (Fsp3) is 0.0500.